The molecule has 2 rings (SSSR count). The number of oxime groups is 1. The van der Waals surface area contributed by atoms with Crippen LogP contribution >= 0.6 is 0 Å². The third-order valence-corrected chi connectivity index (χ3v) is 3.44. The van der Waals surface area contributed by atoms with Crippen molar-refractivity contribution in [3.8, 4) is 0 Å². The van der Waals surface area contributed by atoms with Crippen LogP contribution in [0.2, 0.25) is 0 Å². The molecule has 1 aromatic carbocycles. The van der Waals surface area contributed by atoms with Crippen LogP contribution in [0, 0.1) is 5.82 Å². The maximum atomic E-state index is 13.3. The van der Waals surface area contributed by atoms with Gasteiger partial charge in [-0.15, -0.1) is 0 Å². The molecule has 1 unspecified atom stereocenters. The van der Waals surface area contributed by atoms with Crippen LogP contribution in [0.15, 0.2) is 23.4 Å². The number of nitrogens with zero attached hydrogens (tertiary/aromatic N) is 2. The average Bonchev–Trinajstić information content (AvgIpc) is 2.92. The Kier molecular flexibility index (Phi) is 4.92. The van der Waals surface area contributed by atoms with Gasteiger partial charge in [0.1, 0.15) is 5.82 Å². The first-order chi connectivity index (χ1) is 9.60. The monoisotopic (exact) mass is 281 g/mol. The van der Waals surface area contributed by atoms with Crippen LogP contribution in [0.4, 0.5) is 4.39 Å². The van der Waals surface area contributed by atoms with Gasteiger partial charge in [0.2, 0.25) is 0 Å². The summed E-state index contributed by atoms with van der Waals surface area (Å²) in [5.41, 5.74) is 6.84. The van der Waals surface area contributed by atoms with Crippen LogP contribution in [-0.4, -0.2) is 42.2 Å². The Labute approximate surface area is 117 Å². The molecule has 0 aliphatic carbocycles. The molecule has 5 nitrogen and oxygen atoms in total. The second kappa shape index (κ2) is 6.67. The fourth-order valence-electron chi connectivity index (χ4n) is 2.47. The normalized spacial score (nSPS) is 19.8. The lowest BCUT2D eigenvalue weighted by molar-refractivity contribution is 0.0793. The maximum absolute atomic E-state index is 13.3. The first-order valence-corrected chi connectivity index (χ1v) is 6.66. The lowest BCUT2D eigenvalue weighted by atomic mass is 10.1. The molecule has 1 saturated heterocycles. The molecule has 0 spiro atoms. The summed E-state index contributed by atoms with van der Waals surface area (Å²) in [5, 5.41) is 11.7. The molecule has 0 aromatic heterocycles. The number of ether oxygens (including phenoxy) is 1. The molecule has 20 heavy (non-hydrogen) atoms. The van der Waals surface area contributed by atoms with Gasteiger partial charge in [-0.3, -0.25) is 4.90 Å². The van der Waals surface area contributed by atoms with E-state index in [2.05, 4.69) is 10.1 Å². The van der Waals surface area contributed by atoms with Crippen molar-refractivity contribution in [3.63, 3.8) is 0 Å². The molecule has 0 saturated carbocycles. The van der Waals surface area contributed by atoms with E-state index in [0.717, 1.165) is 31.6 Å². The number of halogens is 1. The Balaban J connectivity index is 2.07. The van der Waals surface area contributed by atoms with Crippen LogP contribution in [-0.2, 0) is 11.3 Å². The van der Waals surface area contributed by atoms with Gasteiger partial charge in [-0.2, -0.15) is 0 Å². The summed E-state index contributed by atoms with van der Waals surface area (Å²) >= 11 is 0. The number of hydrogen-bond donors (Lipinski definition) is 2. The van der Waals surface area contributed by atoms with Gasteiger partial charge < -0.3 is 15.7 Å². The van der Waals surface area contributed by atoms with E-state index in [-0.39, 0.29) is 11.9 Å². The van der Waals surface area contributed by atoms with Crippen LogP contribution in [0.5, 0.6) is 0 Å². The summed E-state index contributed by atoms with van der Waals surface area (Å²) in [7, 11) is 1.97. The van der Waals surface area contributed by atoms with Crippen molar-refractivity contribution in [2.24, 2.45) is 10.9 Å². The zero-order valence-corrected chi connectivity index (χ0v) is 11.6. The highest BCUT2D eigenvalue weighted by molar-refractivity contribution is 5.98. The third-order valence-electron chi connectivity index (χ3n) is 3.44. The number of likely N-dealkylation sites (N-methyl/N-ethyl adjacent to an activating group) is 1. The number of amidine groups is 1. The second-order valence-electron chi connectivity index (χ2n) is 5.12. The standard InChI is InChI=1S/C14H20FN3O2/c1-18(9-12-3-2-6-20-12)8-10-4-5-11(15)7-13(10)14(16)17-19/h4-5,7,12,19H,2-3,6,8-9H2,1H3,(H2,16,17). The Morgan fingerprint density at radius 1 is 1.60 bits per heavy atom. The van der Waals surface area contributed by atoms with E-state index in [4.69, 9.17) is 15.7 Å². The molecule has 3 N–H and O–H groups in total. The van der Waals surface area contributed by atoms with E-state index in [1.165, 1.54) is 12.1 Å². The van der Waals surface area contributed by atoms with Crippen molar-refractivity contribution < 1.29 is 14.3 Å². The van der Waals surface area contributed by atoms with Gasteiger partial charge in [0.15, 0.2) is 5.84 Å². The van der Waals surface area contributed by atoms with E-state index in [0.29, 0.717) is 12.1 Å². The number of hydrogen-bond acceptors (Lipinski definition) is 4. The summed E-state index contributed by atoms with van der Waals surface area (Å²) in [4.78, 5) is 2.09. The Bertz CT molecular complexity index is 487. The first kappa shape index (κ1) is 14.7. The van der Waals surface area contributed by atoms with E-state index in [1.807, 2.05) is 7.05 Å². The van der Waals surface area contributed by atoms with Gasteiger partial charge in [-0.25, -0.2) is 4.39 Å². The Hall–Kier alpha value is -1.66. The molecule has 1 aliphatic rings. The summed E-state index contributed by atoms with van der Waals surface area (Å²) in [5.74, 6) is -0.484. The van der Waals surface area contributed by atoms with E-state index in [1.54, 1.807) is 6.07 Å². The second-order valence-corrected chi connectivity index (χ2v) is 5.12. The molecule has 1 aliphatic heterocycles. The number of nitrogens with two attached hydrogens (primary N) is 1. The van der Waals surface area contributed by atoms with Gasteiger partial charge in [-0.05, 0) is 37.6 Å². The molecule has 1 atom stereocenters. The van der Waals surface area contributed by atoms with Gasteiger partial charge in [0.25, 0.3) is 0 Å². The fraction of sp³-hybridized carbons (Fsp3) is 0.500. The minimum absolute atomic E-state index is 0.0787. The van der Waals surface area contributed by atoms with Crippen LogP contribution < -0.4 is 5.73 Å². The molecule has 1 fully saturated rings. The predicted octanol–water partition coefficient (Wildman–Crippen LogP) is 1.53. The third kappa shape index (κ3) is 3.68. The molecule has 110 valence electrons. The van der Waals surface area contributed by atoms with Crippen molar-refractivity contribution in [1.82, 2.24) is 4.90 Å². The lowest BCUT2D eigenvalue weighted by Gasteiger charge is -2.21. The maximum Gasteiger partial charge on any atom is 0.170 e. The molecule has 0 radical (unpaired) electrons. The number of rotatable bonds is 5. The lowest BCUT2D eigenvalue weighted by Crippen LogP contribution is -2.29. The van der Waals surface area contributed by atoms with Crippen molar-refractivity contribution >= 4 is 5.84 Å². The topological polar surface area (TPSA) is 71.1 Å². The zero-order chi connectivity index (χ0) is 14.5. The SMILES string of the molecule is CN(Cc1ccc(F)cc1C(N)=NO)CC1CCCO1. The van der Waals surface area contributed by atoms with Crippen LogP contribution in [0.1, 0.15) is 24.0 Å². The molecular formula is C14H20FN3O2. The summed E-state index contributed by atoms with van der Waals surface area (Å²) in [6.45, 7) is 2.23. The largest absolute Gasteiger partial charge is 0.409 e. The van der Waals surface area contributed by atoms with Crippen molar-refractivity contribution in [2.75, 3.05) is 20.2 Å². The summed E-state index contributed by atoms with van der Waals surface area (Å²) in [6.07, 6.45) is 2.43. The van der Waals surface area contributed by atoms with E-state index >= 15 is 0 Å². The Morgan fingerprint density at radius 3 is 3.05 bits per heavy atom. The van der Waals surface area contributed by atoms with Gasteiger partial charge in [0.05, 0.1) is 6.10 Å². The van der Waals surface area contributed by atoms with Gasteiger partial charge >= 0.3 is 0 Å². The highest BCUT2D eigenvalue weighted by Gasteiger charge is 2.18. The zero-order valence-electron chi connectivity index (χ0n) is 11.6. The van der Waals surface area contributed by atoms with Gasteiger partial charge in [0, 0.05) is 25.3 Å². The first-order valence-electron chi connectivity index (χ1n) is 6.66. The van der Waals surface area contributed by atoms with Crippen molar-refractivity contribution in [1.29, 1.82) is 0 Å². The van der Waals surface area contributed by atoms with Crippen molar-refractivity contribution in [3.05, 3.63) is 35.1 Å². The van der Waals surface area contributed by atoms with E-state index < -0.39 is 5.82 Å². The molecule has 6 heteroatoms. The minimum atomic E-state index is -0.405. The minimum Gasteiger partial charge on any atom is -0.409 e. The van der Waals surface area contributed by atoms with Gasteiger partial charge in [-0.1, -0.05) is 11.2 Å². The summed E-state index contributed by atoms with van der Waals surface area (Å²) in [6, 6.07) is 4.32. The molecule has 1 heterocycles. The fourth-order valence-corrected chi connectivity index (χ4v) is 2.47. The number of benzene rings is 1. The predicted molar refractivity (Wildman–Crippen MR) is 74.2 cm³/mol. The smallest absolute Gasteiger partial charge is 0.170 e. The quantitative estimate of drug-likeness (QED) is 0.371. The highest BCUT2D eigenvalue weighted by Crippen LogP contribution is 2.16. The molecule has 0 bridgehead atoms. The van der Waals surface area contributed by atoms with Crippen LogP contribution in [0.25, 0.3) is 0 Å². The molecular weight excluding hydrogens is 261 g/mol. The molecule has 1 aromatic rings. The van der Waals surface area contributed by atoms with Crippen molar-refractivity contribution in [2.45, 2.75) is 25.5 Å². The van der Waals surface area contributed by atoms with Crippen LogP contribution in [0.3, 0.4) is 0 Å². The summed E-state index contributed by atoms with van der Waals surface area (Å²) < 4.78 is 18.9. The Morgan fingerprint density at radius 2 is 2.40 bits per heavy atom. The average molecular weight is 281 g/mol. The molecule has 0 amide bonds. The van der Waals surface area contributed by atoms with E-state index in [9.17, 15) is 4.39 Å². The highest BCUT2D eigenvalue weighted by atomic mass is 19.1.